The summed E-state index contributed by atoms with van der Waals surface area (Å²) in [5.41, 5.74) is 0.878. The number of hydrogen-bond donors (Lipinski definition) is 2. The maximum atomic E-state index is 10.9. The minimum absolute atomic E-state index is 0.325. The molecular formula is C11H16N6O2S. The fourth-order valence-corrected chi connectivity index (χ4v) is 2.08. The molecule has 0 saturated heterocycles. The minimum Gasteiger partial charge on any atom is -0.308 e. The molecule has 0 aliphatic heterocycles. The first-order valence-corrected chi connectivity index (χ1v) is 7.93. The molecule has 1 aromatic carbocycles. The molecule has 0 fully saturated rings. The summed E-state index contributed by atoms with van der Waals surface area (Å²) in [4.78, 5) is 0. The standard InChI is InChI=1S/C11H16N6O2S/c1-20(18,19)13-8-7-12-9-11-14-15-16-17(11)10-5-3-2-4-6-10/h2-6,12-13H,7-9H2,1H3. The Balaban J connectivity index is 1.87. The molecule has 20 heavy (non-hydrogen) atoms. The van der Waals surface area contributed by atoms with Crippen molar-refractivity contribution in [2.45, 2.75) is 6.54 Å². The molecule has 0 aliphatic rings. The van der Waals surface area contributed by atoms with Crippen molar-refractivity contribution < 1.29 is 8.42 Å². The number of aromatic nitrogens is 4. The highest BCUT2D eigenvalue weighted by Crippen LogP contribution is 2.06. The van der Waals surface area contributed by atoms with Gasteiger partial charge < -0.3 is 5.32 Å². The van der Waals surface area contributed by atoms with Crippen LogP contribution in [-0.4, -0.2) is 48.0 Å². The Bertz CT molecular complexity index is 640. The Morgan fingerprint density at radius 2 is 1.95 bits per heavy atom. The van der Waals surface area contributed by atoms with Gasteiger partial charge in [0.1, 0.15) is 0 Å². The summed E-state index contributed by atoms with van der Waals surface area (Å²) >= 11 is 0. The lowest BCUT2D eigenvalue weighted by molar-refractivity contribution is 0.578. The number of sulfonamides is 1. The average Bonchev–Trinajstić information content (AvgIpc) is 2.86. The molecule has 1 aromatic heterocycles. The van der Waals surface area contributed by atoms with Gasteiger partial charge in [0, 0.05) is 13.1 Å². The zero-order valence-corrected chi connectivity index (χ0v) is 11.8. The summed E-state index contributed by atoms with van der Waals surface area (Å²) < 4.78 is 25.8. The van der Waals surface area contributed by atoms with Gasteiger partial charge in [-0.15, -0.1) is 5.10 Å². The smallest absolute Gasteiger partial charge is 0.208 e. The van der Waals surface area contributed by atoms with Crippen molar-refractivity contribution in [1.29, 1.82) is 0 Å². The van der Waals surface area contributed by atoms with Crippen molar-refractivity contribution in [2.75, 3.05) is 19.3 Å². The van der Waals surface area contributed by atoms with Crippen molar-refractivity contribution in [2.24, 2.45) is 0 Å². The first-order valence-electron chi connectivity index (χ1n) is 6.04. The fraction of sp³-hybridized carbons (Fsp3) is 0.364. The highest BCUT2D eigenvalue weighted by atomic mass is 32.2. The van der Waals surface area contributed by atoms with Crippen molar-refractivity contribution in [1.82, 2.24) is 30.2 Å². The number of rotatable bonds is 7. The maximum absolute atomic E-state index is 10.9. The van der Waals surface area contributed by atoms with Gasteiger partial charge in [0.15, 0.2) is 5.82 Å². The molecule has 0 spiro atoms. The predicted octanol–water partition coefficient (Wildman–Crippen LogP) is -0.699. The molecule has 9 heteroatoms. The van der Waals surface area contributed by atoms with Crippen LogP contribution in [0.1, 0.15) is 5.82 Å². The number of tetrazole rings is 1. The monoisotopic (exact) mass is 296 g/mol. The Hall–Kier alpha value is -1.84. The fourth-order valence-electron chi connectivity index (χ4n) is 1.61. The van der Waals surface area contributed by atoms with Crippen LogP contribution in [-0.2, 0) is 16.6 Å². The summed E-state index contributed by atoms with van der Waals surface area (Å²) in [6.45, 7) is 1.27. The largest absolute Gasteiger partial charge is 0.308 e. The Morgan fingerprint density at radius 1 is 1.20 bits per heavy atom. The minimum atomic E-state index is -3.15. The Morgan fingerprint density at radius 3 is 2.65 bits per heavy atom. The zero-order chi connectivity index (χ0) is 14.4. The summed E-state index contributed by atoms with van der Waals surface area (Å²) in [7, 11) is -3.15. The second-order valence-corrected chi connectivity index (χ2v) is 6.02. The van der Waals surface area contributed by atoms with Gasteiger partial charge in [-0.25, -0.2) is 13.1 Å². The summed E-state index contributed by atoms with van der Waals surface area (Å²) in [5, 5.41) is 14.6. The number of nitrogens with one attached hydrogen (secondary N) is 2. The van der Waals surface area contributed by atoms with E-state index in [9.17, 15) is 8.42 Å². The maximum Gasteiger partial charge on any atom is 0.208 e. The van der Waals surface area contributed by atoms with E-state index in [1.165, 1.54) is 0 Å². The van der Waals surface area contributed by atoms with E-state index in [0.29, 0.717) is 25.5 Å². The van der Waals surface area contributed by atoms with E-state index in [1.54, 1.807) is 4.68 Å². The van der Waals surface area contributed by atoms with Gasteiger partial charge in [-0.05, 0) is 22.6 Å². The predicted molar refractivity (Wildman–Crippen MR) is 73.7 cm³/mol. The number of nitrogens with zero attached hydrogens (tertiary/aromatic N) is 4. The summed E-state index contributed by atoms with van der Waals surface area (Å²) in [6, 6.07) is 9.55. The van der Waals surface area contributed by atoms with Gasteiger partial charge >= 0.3 is 0 Å². The lowest BCUT2D eigenvalue weighted by atomic mass is 10.3. The highest BCUT2D eigenvalue weighted by Gasteiger charge is 2.07. The summed E-state index contributed by atoms with van der Waals surface area (Å²) in [5.74, 6) is 0.663. The molecule has 0 bridgehead atoms. The van der Waals surface area contributed by atoms with Gasteiger partial charge in [-0.2, -0.15) is 4.68 Å². The molecule has 8 nitrogen and oxygen atoms in total. The van der Waals surface area contributed by atoms with Gasteiger partial charge in [-0.3, -0.25) is 0 Å². The zero-order valence-electron chi connectivity index (χ0n) is 11.0. The molecule has 1 heterocycles. The first kappa shape index (κ1) is 14.6. The number of benzene rings is 1. The van der Waals surface area contributed by atoms with E-state index in [2.05, 4.69) is 25.6 Å². The van der Waals surface area contributed by atoms with Crippen molar-refractivity contribution in [3.63, 3.8) is 0 Å². The van der Waals surface area contributed by atoms with Crippen LogP contribution in [0.3, 0.4) is 0 Å². The summed E-state index contributed by atoms with van der Waals surface area (Å²) in [6.07, 6.45) is 1.13. The second kappa shape index (κ2) is 6.55. The molecule has 0 atom stereocenters. The SMILES string of the molecule is CS(=O)(=O)NCCNCc1nnnn1-c1ccccc1. The molecule has 108 valence electrons. The van der Waals surface area contributed by atoms with Crippen molar-refractivity contribution >= 4 is 10.0 Å². The Labute approximate surface area is 117 Å². The number of para-hydroxylation sites is 1. The van der Waals surface area contributed by atoms with Crippen LogP contribution in [0.15, 0.2) is 30.3 Å². The normalized spacial score (nSPS) is 11.7. The van der Waals surface area contributed by atoms with Crippen LogP contribution >= 0.6 is 0 Å². The highest BCUT2D eigenvalue weighted by molar-refractivity contribution is 7.88. The molecule has 0 aliphatic carbocycles. The van der Waals surface area contributed by atoms with E-state index >= 15 is 0 Å². The van der Waals surface area contributed by atoms with E-state index in [1.807, 2.05) is 30.3 Å². The molecular weight excluding hydrogens is 280 g/mol. The third kappa shape index (κ3) is 4.37. The van der Waals surface area contributed by atoms with Crippen LogP contribution < -0.4 is 10.0 Å². The van der Waals surface area contributed by atoms with Crippen molar-refractivity contribution in [3.8, 4) is 5.69 Å². The van der Waals surface area contributed by atoms with Crippen LogP contribution in [0.5, 0.6) is 0 Å². The molecule has 2 rings (SSSR count). The van der Waals surface area contributed by atoms with Gasteiger partial charge in [0.05, 0.1) is 18.5 Å². The molecule has 0 unspecified atom stereocenters. The topological polar surface area (TPSA) is 102 Å². The molecule has 2 N–H and O–H groups in total. The van der Waals surface area contributed by atoms with Crippen LogP contribution in [0, 0.1) is 0 Å². The van der Waals surface area contributed by atoms with E-state index in [4.69, 9.17) is 0 Å². The van der Waals surface area contributed by atoms with E-state index in [-0.39, 0.29) is 0 Å². The lowest BCUT2D eigenvalue weighted by Gasteiger charge is -2.06. The Kier molecular flexibility index (Phi) is 4.77. The lowest BCUT2D eigenvalue weighted by Crippen LogP contribution is -2.31. The molecule has 0 radical (unpaired) electrons. The quantitative estimate of drug-likeness (QED) is 0.655. The van der Waals surface area contributed by atoms with Crippen LogP contribution in [0.2, 0.25) is 0 Å². The van der Waals surface area contributed by atoms with E-state index < -0.39 is 10.0 Å². The van der Waals surface area contributed by atoms with Crippen molar-refractivity contribution in [3.05, 3.63) is 36.2 Å². The van der Waals surface area contributed by atoms with Gasteiger partial charge in [0.2, 0.25) is 10.0 Å². The third-order valence-electron chi connectivity index (χ3n) is 2.48. The number of hydrogen-bond acceptors (Lipinski definition) is 6. The molecule has 0 saturated carbocycles. The molecule has 2 aromatic rings. The first-order chi connectivity index (χ1) is 9.56. The van der Waals surface area contributed by atoms with Gasteiger partial charge in [0.25, 0.3) is 0 Å². The van der Waals surface area contributed by atoms with Gasteiger partial charge in [-0.1, -0.05) is 18.2 Å². The molecule has 0 amide bonds. The van der Waals surface area contributed by atoms with E-state index in [0.717, 1.165) is 11.9 Å². The average molecular weight is 296 g/mol. The van der Waals surface area contributed by atoms with Crippen LogP contribution in [0.4, 0.5) is 0 Å². The van der Waals surface area contributed by atoms with Crippen LogP contribution in [0.25, 0.3) is 5.69 Å². The second-order valence-electron chi connectivity index (χ2n) is 4.19. The third-order valence-corrected chi connectivity index (χ3v) is 3.21.